The number of hydrogen-bond acceptors (Lipinski definition) is 4. The van der Waals surface area contributed by atoms with E-state index in [-0.39, 0.29) is 0 Å². The monoisotopic (exact) mass is 556 g/mol. The van der Waals surface area contributed by atoms with E-state index >= 15 is 0 Å². The number of aromatic nitrogens is 2. The van der Waals surface area contributed by atoms with E-state index < -0.39 is 0 Å². The Morgan fingerprint density at radius 1 is 0.524 bits per heavy atom. The van der Waals surface area contributed by atoms with Crippen LogP contribution in [0.15, 0.2) is 130 Å². The number of para-hydroxylation sites is 3. The lowest BCUT2D eigenvalue weighted by molar-refractivity contribution is 0.623. The quantitative estimate of drug-likeness (QED) is 0.213. The summed E-state index contributed by atoms with van der Waals surface area (Å²) < 4.78 is 18.1. The molecule has 0 atom stereocenters. The maximum Gasteiger partial charge on any atom is 0.228 e. The zero-order valence-electron chi connectivity index (χ0n) is 22.2. The van der Waals surface area contributed by atoms with Gasteiger partial charge < -0.3 is 13.4 Å². The van der Waals surface area contributed by atoms with Crippen molar-refractivity contribution in [3.63, 3.8) is 0 Å². The molecule has 0 amide bonds. The molecule has 0 N–H and O–H groups in total. The lowest BCUT2D eigenvalue weighted by Gasteiger charge is -2.10. The minimum atomic E-state index is 0.595. The fourth-order valence-electron chi connectivity index (χ4n) is 6.66. The van der Waals surface area contributed by atoms with E-state index in [1.54, 1.807) is 11.3 Å². The van der Waals surface area contributed by atoms with E-state index in [4.69, 9.17) is 13.8 Å². The molecule has 10 rings (SSSR count). The molecule has 0 saturated heterocycles. The molecule has 10 aromatic rings. The molecule has 42 heavy (non-hydrogen) atoms. The minimum Gasteiger partial charge on any atom is -0.454 e. The van der Waals surface area contributed by atoms with Gasteiger partial charge in [-0.15, -0.1) is 11.3 Å². The Morgan fingerprint density at radius 3 is 2.02 bits per heavy atom. The third-order valence-electron chi connectivity index (χ3n) is 8.45. The van der Waals surface area contributed by atoms with Gasteiger partial charge in [0, 0.05) is 47.3 Å². The van der Waals surface area contributed by atoms with E-state index in [1.807, 2.05) is 12.1 Å². The lowest BCUT2D eigenvalue weighted by Crippen LogP contribution is -1.95. The van der Waals surface area contributed by atoms with Crippen molar-refractivity contribution in [1.82, 2.24) is 9.55 Å². The van der Waals surface area contributed by atoms with Gasteiger partial charge in [0.1, 0.15) is 11.1 Å². The Kier molecular flexibility index (Phi) is 4.30. The second-order valence-electron chi connectivity index (χ2n) is 10.7. The van der Waals surface area contributed by atoms with Gasteiger partial charge in [-0.25, -0.2) is 4.98 Å². The van der Waals surface area contributed by atoms with Gasteiger partial charge in [-0.3, -0.25) is 0 Å². The number of thiophene rings is 1. The van der Waals surface area contributed by atoms with Crippen molar-refractivity contribution < 1.29 is 8.83 Å². The second-order valence-corrected chi connectivity index (χ2v) is 11.8. The SMILES string of the molecule is c1ccc2c(c1)oc1c(-n3c4ccccc4c4ccccc43)ccc(-c3nc4ccc5sc6ccccc6c5c4o3)c12. The van der Waals surface area contributed by atoms with Crippen LogP contribution < -0.4 is 0 Å². The van der Waals surface area contributed by atoms with Gasteiger partial charge in [-0.1, -0.05) is 72.8 Å². The van der Waals surface area contributed by atoms with Crippen LogP contribution in [0.3, 0.4) is 0 Å². The average molecular weight is 557 g/mol. The van der Waals surface area contributed by atoms with Crippen LogP contribution in [0.1, 0.15) is 0 Å². The van der Waals surface area contributed by atoms with Crippen LogP contribution in [0.2, 0.25) is 0 Å². The van der Waals surface area contributed by atoms with Crippen LogP contribution in [0.4, 0.5) is 0 Å². The Labute approximate surface area is 242 Å². The molecule has 0 saturated carbocycles. The first-order valence-electron chi connectivity index (χ1n) is 14.0. The van der Waals surface area contributed by atoms with Gasteiger partial charge in [-0.2, -0.15) is 0 Å². The molecule has 4 aromatic heterocycles. The molecular formula is C37H20N2O2S. The summed E-state index contributed by atoms with van der Waals surface area (Å²) >= 11 is 1.78. The largest absolute Gasteiger partial charge is 0.454 e. The van der Waals surface area contributed by atoms with Crippen LogP contribution in [-0.2, 0) is 0 Å². The van der Waals surface area contributed by atoms with Crippen LogP contribution in [-0.4, -0.2) is 9.55 Å². The first kappa shape index (κ1) is 22.3. The van der Waals surface area contributed by atoms with Crippen LogP contribution in [0.5, 0.6) is 0 Å². The molecule has 4 nitrogen and oxygen atoms in total. The van der Waals surface area contributed by atoms with Gasteiger partial charge >= 0.3 is 0 Å². The van der Waals surface area contributed by atoms with Gasteiger partial charge in [0.05, 0.1) is 16.7 Å². The first-order valence-corrected chi connectivity index (χ1v) is 14.8. The minimum absolute atomic E-state index is 0.595. The Balaban J connectivity index is 1.31. The summed E-state index contributed by atoms with van der Waals surface area (Å²) in [5.74, 6) is 0.595. The molecule has 0 bridgehead atoms. The second kappa shape index (κ2) is 8.09. The highest BCUT2D eigenvalue weighted by molar-refractivity contribution is 7.26. The summed E-state index contributed by atoms with van der Waals surface area (Å²) in [6.45, 7) is 0. The molecule has 4 heterocycles. The predicted octanol–water partition coefficient (Wildman–Crippen LogP) is 10.9. The zero-order valence-corrected chi connectivity index (χ0v) is 23.0. The third-order valence-corrected chi connectivity index (χ3v) is 9.59. The number of rotatable bonds is 2. The van der Waals surface area contributed by atoms with Gasteiger partial charge in [0.25, 0.3) is 0 Å². The van der Waals surface area contributed by atoms with E-state index in [2.05, 4.69) is 114 Å². The van der Waals surface area contributed by atoms with E-state index in [0.717, 1.165) is 60.7 Å². The summed E-state index contributed by atoms with van der Waals surface area (Å²) in [7, 11) is 0. The smallest absolute Gasteiger partial charge is 0.228 e. The van der Waals surface area contributed by atoms with Gasteiger partial charge in [-0.05, 0) is 48.5 Å². The van der Waals surface area contributed by atoms with Crippen molar-refractivity contribution >= 4 is 86.4 Å². The summed E-state index contributed by atoms with van der Waals surface area (Å²) in [5, 5.41) is 6.80. The fourth-order valence-corrected chi connectivity index (χ4v) is 7.77. The predicted molar refractivity (Wildman–Crippen MR) is 174 cm³/mol. The van der Waals surface area contributed by atoms with Crippen molar-refractivity contribution in [1.29, 1.82) is 0 Å². The fraction of sp³-hybridized carbons (Fsp3) is 0. The van der Waals surface area contributed by atoms with Crippen LogP contribution >= 0.6 is 11.3 Å². The number of nitrogens with zero attached hydrogens (tertiary/aromatic N) is 2. The summed E-state index contributed by atoms with van der Waals surface area (Å²) in [6, 6.07) is 42.3. The van der Waals surface area contributed by atoms with Crippen LogP contribution in [0, 0.1) is 0 Å². The zero-order chi connectivity index (χ0) is 27.4. The lowest BCUT2D eigenvalue weighted by atomic mass is 10.0. The average Bonchev–Trinajstić information content (AvgIpc) is 3.80. The van der Waals surface area contributed by atoms with Crippen molar-refractivity contribution in [2.45, 2.75) is 0 Å². The number of fused-ring (bicyclic) bond motifs is 11. The number of hydrogen-bond donors (Lipinski definition) is 0. The molecule has 5 heteroatoms. The number of oxazole rings is 1. The van der Waals surface area contributed by atoms with E-state index in [1.165, 1.54) is 25.6 Å². The van der Waals surface area contributed by atoms with Crippen molar-refractivity contribution in [3.05, 3.63) is 121 Å². The summed E-state index contributed by atoms with van der Waals surface area (Å²) in [6.07, 6.45) is 0. The third kappa shape index (κ3) is 2.88. The Bertz CT molecular complexity index is 2650. The molecule has 0 spiro atoms. The van der Waals surface area contributed by atoms with Gasteiger partial charge in [0.2, 0.25) is 5.89 Å². The normalized spacial score (nSPS) is 12.3. The Morgan fingerprint density at radius 2 is 1.21 bits per heavy atom. The maximum atomic E-state index is 6.68. The van der Waals surface area contributed by atoms with E-state index in [0.29, 0.717) is 5.89 Å². The van der Waals surface area contributed by atoms with Crippen molar-refractivity contribution in [2.75, 3.05) is 0 Å². The highest BCUT2D eigenvalue weighted by Gasteiger charge is 2.23. The van der Waals surface area contributed by atoms with Gasteiger partial charge in [0.15, 0.2) is 11.2 Å². The van der Waals surface area contributed by atoms with E-state index in [9.17, 15) is 0 Å². The molecule has 0 fully saturated rings. The molecule has 0 aliphatic carbocycles. The molecule has 196 valence electrons. The molecule has 0 aliphatic rings. The standard InChI is InChI=1S/C37H20N2O2S/c1-5-13-27-21(9-1)22-10-2-6-14-28(22)39(27)29-19-17-25(33-23-11-3-7-15-30(23)40-36(29)33)37-38-26-18-20-32-34(35(26)41-37)24-12-4-8-16-31(24)42-32/h1-20H. The number of benzene rings is 6. The highest BCUT2D eigenvalue weighted by Crippen LogP contribution is 2.44. The first-order chi connectivity index (χ1) is 20.8. The number of furan rings is 1. The molecular weight excluding hydrogens is 536 g/mol. The van der Waals surface area contributed by atoms with Crippen molar-refractivity contribution in [3.8, 4) is 17.1 Å². The van der Waals surface area contributed by atoms with Crippen molar-refractivity contribution in [2.24, 2.45) is 0 Å². The van der Waals surface area contributed by atoms with Crippen LogP contribution in [0.25, 0.3) is 92.2 Å². The molecule has 0 aliphatic heterocycles. The topological polar surface area (TPSA) is 44.1 Å². The molecule has 0 unspecified atom stereocenters. The summed E-state index contributed by atoms with van der Waals surface area (Å²) in [4.78, 5) is 5.04. The highest BCUT2D eigenvalue weighted by atomic mass is 32.1. The molecule has 6 aromatic carbocycles. The molecule has 0 radical (unpaired) electrons. The summed E-state index contributed by atoms with van der Waals surface area (Å²) in [5.41, 5.74) is 7.52. The maximum absolute atomic E-state index is 6.68. The Hall–Kier alpha value is -5.39.